The van der Waals surface area contributed by atoms with Crippen LogP contribution in [0.15, 0.2) is 12.1 Å². The van der Waals surface area contributed by atoms with Gasteiger partial charge in [0.2, 0.25) is 0 Å². The fraction of sp³-hybridized carbons (Fsp3) is 0.632. The second-order valence-corrected chi connectivity index (χ2v) is 7.30. The fourth-order valence-electron chi connectivity index (χ4n) is 3.21. The predicted octanol–water partition coefficient (Wildman–Crippen LogP) is 4.50. The van der Waals surface area contributed by atoms with Gasteiger partial charge in [0.15, 0.2) is 6.79 Å². The topological polar surface area (TPSA) is 35.5 Å². The zero-order valence-corrected chi connectivity index (χ0v) is 14.5. The van der Waals surface area contributed by atoms with E-state index < -0.39 is 0 Å². The smallest absolute Gasteiger partial charge is 0.188 e. The molecule has 1 aliphatic carbocycles. The Bertz CT molecular complexity index is 540. The number of carbonyl (C=O) groups excluding carboxylic acids is 1. The molecular weight excluding hydrogens is 276 g/mol. The van der Waals surface area contributed by atoms with Crippen LogP contribution >= 0.6 is 0 Å². The molecule has 2 rings (SSSR count). The van der Waals surface area contributed by atoms with Gasteiger partial charge in [-0.15, -0.1) is 0 Å². The molecule has 0 amide bonds. The van der Waals surface area contributed by atoms with E-state index in [-0.39, 0.29) is 18.1 Å². The number of benzene rings is 1. The third-order valence-electron chi connectivity index (χ3n) is 4.32. The number of hydrogen-bond donors (Lipinski definition) is 0. The van der Waals surface area contributed by atoms with E-state index in [0.717, 1.165) is 36.1 Å². The highest BCUT2D eigenvalue weighted by Gasteiger charge is 2.30. The molecule has 1 unspecified atom stereocenters. The lowest BCUT2D eigenvalue weighted by molar-refractivity contribution is -0.121. The first-order valence-corrected chi connectivity index (χ1v) is 8.14. The highest BCUT2D eigenvalue weighted by Crippen LogP contribution is 2.42. The lowest BCUT2D eigenvalue weighted by Gasteiger charge is -2.29. The maximum Gasteiger partial charge on any atom is 0.188 e. The van der Waals surface area contributed by atoms with Crippen LogP contribution in [0.2, 0.25) is 0 Å². The second-order valence-electron chi connectivity index (χ2n) is 7.30. The summed E-state index contributed by atoms with van der Waals surface area (Å²) in [5, 5.41) is 0. The minimum absolute atomic E-state index is 0.0263. The summed E-state index contributed by atoms with van der Waals surface area (Å²) in [5.41, 5.74) is 3.34. The molecule has 0 heterocycles. The van der Waals surface area contributed by atoms with E-state index in [2.05, 4.69) is 39.8 Å². The van der Waals surface area contributed by atoms with E-state index in [9.17, 15) is 4.79 Å². The first kappa shape index (κ1) is 17.0. The second kappa shape index (κ2) is 6.82. The van der Waals surface area contributed by atoms with Gasteiger partial charge in [0, 0.05) is 30.6 Å². The third kappa shape index (κ3) is 3.70. The summed E-state index contributed by atoms with van der Waals surface area (Å²) in [6.45, 7) is 8.82. The van der Waals surface area contributed by atoms with E-state index in [1.54, 1.807) is 7.11 Å². The average Bonchev–Trinajstić information content (AvgIpc) is 2.45. The largest absolute Gasteiger partial charge is 0.467 e. The molecule has 3 heteroatoms. The van der Waals surface area contributed by atoms with Crippen molar-refractivity contribution in [3.8, 4) is 5.75 Å². The number of hydrogen-bond acceptors (Lipinski definition) is 3. The standard InChI is InChI=1S/C19H28O3/c1-13-10-15(14-8-6-7-9-17(14)20)18(22-12-21-5)16(11-13)19(2,3)4/h10-11,14H,6-9,12H2,1-5H3. The Morgan fingerprint density at radius 2 is 1.95 bits per heavy atom. The lowest BCUT2D eigenvalue weighted by Crippen LogP contribution is -2.21. The maximum absolute atomic E-state index is 12.4. The van der Waals surface area contributed by atoms with Gasteiger partial charge in [-0.3, -0.25) is 4.79 Å². The molecule has 1 aromatic carbocycles. The first-order chi connectivity index (χ1) is 10.3. The van der Waals surface area contributed by atoms with Crippen molar-refractivity contribution in [3.05, 3.63) is 28.8 Å². The molecule has 0 N–H and O–H groups in total. The van der Waals surface area contributed by atoms with Crippen LogP contribution in [0.3, 0.4) is 0 Å². The molecule has 1 fully saturated rings. The van der Waals surface area contributed by atoms with Crippen LogP contribution in [-0.4, -0.2) is 19.7 Å². The molecule has 1 aliphatic rings. The van der Waals surface area contributed by atoms with E-state index in [4.69, 9.17) is 9.47 Å². The summed E-state index contributed by atoms with van der Waals surface area (Å²) in [6, 6.07) is 4.29. The molecule has 0 aromatic heterocycles. The van der Waals surface area contributed by atoms with E-state index in [0.29, 0.717) is 12.2 Å². The van der Waals surface area contributed by atoms with Crippen LogP contribution in [0.4, 0.5) is 0 Å². The minimum atomic E-state index is -0.0401. The van der Waals surface area contributed by atoms with Gasteiger partial charge in [0.25, 0.3) is 0 Å². The normalized spacial score (nSPS) is 19.3. The average molecular weight is 304 g/mol. The Morgan fingerprint density at radius 3 is 2.55 bits per heavy atom. The number of ether oxygens (including phenoxy) is 2. The molecule has 1 atom stereocenters. The summed E-state index contributed by atoms with van der Waals surface area (Å²) in [5.74, 6) is 1.17. The zero-order chi connectivity index (χ0) is 16.3. The van der Waals surface area contributed by atoms with Crippen molar-refractivity contribution in [1.82, 2.24) is 0 Å². The molecule has 0 spiro atoms. The Morgan fingerprint density at radius 1 is 1.23 bits per heavy atom. The Labute approximate surface area is 134 Å². The van der Waals surface area contributed by atoms with Gasteiger partial charge >= 0.3 is 0 Å². The van der Waals surface area contributed by atoms with Crippen LogP contribution < -0.4 is 4.74 Å². The molecule has 22 heavy (non-hydrogen) atoms. The summed E-state index contributed by atoms with van der Waals surface area (Å²) in [4.78, 5) is 12.4. The molecular formula is C19H28O3. The number of methoxy groups -OCH3 is 1. The van der Waals surface area contributed by atoms with Gasteiger partial charge in [-0.1, -0.05) is 44.9 Å². The summed E-state index contributed by atoms with van der Waals surface area (Å²) < 4.78 is 11.0. The van der Waals surface area contributed by atoms with E-state index in [1.165, 1.54) is 5.56 Å². The van der Waals surface area contributed by atoms with Crippen LogP contribution in [0.5, 0.6) is 5.75 Å². The highest BCUT2D eigenvalue weighted by atomic mass is 16.7. The van der Waals surface area contributed by atoms with Crippen LogP contribution in [0, 0.1) is 6.92 Å². The molecule has 1 saturated carbocycles. The van der Waals surface area contributed by atoms with Crippen molar-refractivity contribution < 1.29 is 14.3 Å². The quantitative estimate of drug-likeness (QED) is 0.768. The van der Waals surface area contributed by atoms with Gasteiger partial charge in [0.05, 0.1) is 0 Å². The Balaban J connectivity index is 2.54. The molecule has 0 saturated heterocycles. The number of carbonyl (C=O) groups is 1. The zero-order valence-electron chi connectivity index (χ0n) is 14.5. The van der Waals surface area contributed by atoms with E-state index >= 15 is 0 Å². The van der Waals surface area contributed by atoms with Gasteiger partial charge in [-0.05, 0) is 25.2 Å². The van der Waals surface area contributed by atoms with E-state index in [1.807, 2.05) is 0 Å². The van der Waals surface area contributed by atoms with Crippen LogP contribution in [-0.2, 0) is 14.9 Å². The molecule has 3 nitrogen and oxygen atoms in total. The molecule has 122 valence electrons. The van der Waals surface area contributed by atoms with Crippen molar-refractivity contribution in [2.75, 3.05) is 13.9 Å². The Kier molecular flexibility index (Phi) is 5.28. The SMILES string of the molecule is COCOc1c(C2CCCCC2=O)cc(C)cc1C(C)(C)C. The number of ketones is 1. The van der Waals surface area contributed by atoms with Crippen molar-refractivity contribution in [2.24, 2.45) is 0 Å². The summed E-state index contributed by atoms with van der Waals surface area (Å²) >= 11 is 0. The molecule has 1 aromatic rings. The third-order valence-corrected chi connectivity index (χ3v) is 4.32. The highest BCUT2D eigenvalue weighted by molar-refractivity contribution is 5.87. The van der Waals surface area contributed by atoms with Crippen LogP contribution in [0.25, 0.3) is 0 Å². The van der Waals surface area contributed by atoms with Crippen molar-refractivity contribution in [1.29, 1.82) is 0 Å². The predicted molar refractivity (Wildman–Crippen MR) is 88.6 cm³/mol. The number of rotatable bonds is 4. The minimum Gasteiger partial charge on any atom is -0.467 e. The summed E-state index contributed by atoms with van der Waals surface area (Å²) in [7, 11) is 1.62. The van der Waals surface area contributed by atoms with Crippen molar-refractivity contribution >= 4 is 5.78 Å². The van der Waals surface area contributed by atoms with Gasteiger partial charge in [0.1, 0.15) is 11.5 Å². The number of Topliss-reactive ketones (excluding diaryl/α,β-unsaturated/α-hetero) is 1. The van der Waals surface area contributed by atoms with Crippen molar-refractivity contribution in [3.63, 3.8) is 0 Å². The van der Waals surface area contributed by atoms with Gasteiger partial charge in [-0.25, -0.2) is 0 Å². The van der Waals surface area contributed by atoms with Crippen LogP contribution in [0.1, 0.15) is 69.1 Å². The Hall–Kier alpha value is -1.35. The van der Waals surface area contributed by atoms with Crippen molar-refractivity contribution in [2.45, 2.75) is 64.7 Å². The van der Waals surface area contributed by atoms with Gasteiger partial charge in [-0.2, -0.15) is 0 Å². The summed E-state index contributed by atoms with van der Waals surface area (Å²) in [6.07, 6.45) is 3.74. The fourth-order valence-corrected chi connectivity index (χ4v) is 3.21. The molecule has 0 radical (unpaired) electrons. The molecule has 0 bridgehead atoms. The lowest BCUT2D eigenvalue weighted by atomic mass is 9.78. The molecule has 0 aliphatic heterocycles. The number of aryl methyl sites for hydroxylation is 1. The first-order valence-electron chi connectivity index (χ1n) is 8.14. The maximum atomic E-state index is 12.4. The monoisotopic (exact) mass is 304 g/mol. The van der Waals surface area contributed by atoms with Gasteiger partial charge < -0.3 is 9.47 Å².